The molecule has 1 amide bonds. The van der Waals surface area contributed by atoms with Gasteiger partial charge in [-0.25, -0.2) is 4.98 Å². The molecule has 2 N–H and O–H groups in total. The van der Waals surface area contributed by atoms with Crippen molar-refractivity contribution in [2.24, 2.45) is 5.73 Å². The molecule has 3 aromatic rings. The third-order valence-electron chi connectivity index (χ3n) is 3.14. The van der Waals surface area contributed by atoms with Gasteiger partial charge in [0.2, 0.25) is 5.91 Å². The van der Waals surface area contributed by atoms with Gasteiger partial charge in [-0.1, -0.05) is 29.8 Å². The molecular formula is C16H11ClN2O. The van der Waals surface area contributed by atoms with Gasteiger partial charge in [0.25, 0.3) is 0 Å². The summed E-state index contributed by atoms with van der Waals surface area (Å²) in [6, 6.07) is 16.5. The normalized spacial score (nSPS) is 10.7. The summed E-state index contributed by atoms with van der Waals surface area (Å²) in [5.74, 6) is -0.435. The molecule has 3 rings (SSSR count). The Morgan fingerprint density at radius 2 is 1.75 bits per heavy atom. The van der Waals surface area contributed by atoms with Crippen LogP contribution in [-0.4, -0.2) is 10.9 Å². The minimum absolute atomic E-state index is 0.435. The van der Waals surface area contributed by atoms with E-state index >= 15 is 0 Å². The number of nitrogens with two attached hydrogens (primary N) is 1. The summed E-state index contributed by atoms with van der Waals surface area (Å²) in [6.45, 7) is 0. The number of carbonyl (C=O) groups excluding carboxylic acids is 1. The zero-order valence-corrected chi connectivity index (χ0v) is 11.3. The number of hydrogen-bond acceptors (Lipinski definition) is 2. The van der Waals surface area contributed by atoms with E-state index in [0.29, 0.717) is 10.6 Å². The first-order valence-corrected chi connectivity index (χ1v) is 6.48. The topological polar surface area (TPSA) is 56.0 Å². The van der Waals surface area contributed by atoms with Gasteiger partial charge in [0.05, 0.1) is 11.2 Å². The molecule has 0 unspecified atom stereocenters. The zero-order valence-electron chi connectivity index (χ0n) is 10.5. The van der Waals surface area contributed by atoms with E-state index in [1.165, 1.54) is 0 Å². The van der Waals surface area contributed by atoms with Crippen LogP contribution >= 0.6 is 11.6 Å². The number of halogens is 1. The van der Waals surface area contributed by atoms with Crippen molar-refractivity contribution in [3.8, 4) is 11.3 Å². The second kappa shape index (κ2) is 4.94. The van der Waals surface area contributed by atoms with Crippen molar-refractivity contribution in [3.05, 3.63) is 65.2 Å². The summed E-state index contributed by atoms with van der Waals surface area (Å²) in [7, 11) is 0. The van der Waals surface area contributed by atoms with Gasteiger partial charge >= 0.3 is 0 Å². The summed E-state index contributed by atoms with van der Waals surface area (Å²) >= 11 is 6.12. The number of hydrogen-bond donors (Lipinski definition) is 1. The molecule has 0 aliphatic rings. The lowest BCUT2D eigenvalue weighted by atomic mass is 10.1. The lowest BCUT2D eigenvalue weighted by Crippen LogP contribution is -2.10. The smallest absolute Gasteiger partial charge is 0.248 e. The van der Waals surface area contributed by atoms with E-state index in [1.807, 2.05) is 42.5 Å². The molecule has 98 valence electrons. The highest BCUT2D eigenvalue weighted by atomic mass is 35.5. The van der Waals surface area contributed by atoms with E-state index in [-0.39, 0.29) is 0 Å². The molecule has 0 radical (unpaired) electrons. The maximum absolute atomic E-state index is 11.1. The molecule has 0 saturated carbocycles. The Morgan fingerprint density at radius 3 is 2.45 bits per heavy atom. The predicted octanol–water partition coefficient (Wildman–Crippen LogP) is 3.65. The van der Waals surface area contributed by atoms with Gasteiger partial charge in [-0.05, 0) is 36.4 Å². The largest absolute Gasteiger partial charge is 0.366 e. The van der Waals surface area contributed by atoms with Crippen LogP contribution in [0.4, 0.5) is 0 Å². The van der Waals surface area contributed by atoms with Crippen LogP contribution in [0.25, 0.3) is 22.2 Å². The number of primary amides is 1. The molecule has 0 bridgehead atoms. The molecule has 0 spiro atoms. The highest BCUT2D eigenvalue weighted by Gasteiger charge is 2.05. The van der Waals surface area contributed by atoms with Crippen LogP contribution in [0.3, 0.4) is 0 Å². The number of benzene rings is 2. The van der Waals surface area contributed by atoms with Crippen molar-refractivity contribution in [1.29, 1.82) is 0 Å². The Labute approximate surface area is 121 Å². The van der Waals surface area contributed by atoms with Crippen LogP contribution in [0.15, 0.2) is 54.6 Å². The second-order valence-corrected chi connectivity index (χ2v) is 4.85. The summed E-state index contributed by atoms with van der Waals surface area (Å²) in [5.41, 5.74) is 8.31. The van der Waals surface area contributed by atoms with Crippen molar-refractivity contribution in [2.75, 3.05) is 0 Å². The van der Waals surface area contributed by atoms with Crippen molar-refractivity contribution < 1.29 is 4.79 Å². The van der Waals surface area contributed by atoms with Gasteiger partial charge in [-0.15, -0.1) is 0 Å². The minimum atomic E-state index is -0.435. The van der Waals surface area contributed by atoms with Gasteiger partial charge in [-0.2, -0.15) is 0 Å². The zero-order chi connectivity index (χ0) is 14.1. The summed E-state index contributed by atoms with van der Waals surface area (Å²) < 4.78 is 0. The van der Waals surface area contributed by atoms with Crippen LogP contribution in [0.1, 0.15) is 10.4 Å². The van der Waals surface area contributed by atoms with Gasteiger partial charge in [-0.3, -0.25) is 4.79 Å². The first kappa shape index (κ1) is 12.6. The Hall–Kier alpha value is -2.39. The number of fused-ring (bicyclic) bond motifs is 1. The molecule has 1 heterocycles. The quantitative estimate of drug-likeness (QED) is 0.780. The van der Waals surface area contributed by atoms with E-state index in [4.69, 9.17) is 17.3 Å². The summed E-state index contributed by atoms with van der Waals surface area (Å²) in [4.78, 5) is 15.6. The molecule has 2 aromatic carbocycles. The highest BCUT2D eigenvalue weighted by molar-refractivity contribution is 6.35. The van der Waals surface area contributed by atoms with Crippen LogP contribution < -0.4 is 5.73 Å². The fourth-order valence-corrected chi connectivity index (χ4v) is 2.32. The van der Waals surface area contributed by atoms with Gasteiger partial charge < -0.3 is 5.73 Å². The molecule has 20 heavy (non-hydrogen) atoms. The monoisotopic (exact) mass is 282 g/mol. The lowest BCUT2D eigenvalue weighted by molar-refractivity contribution is 0.100. The van der Waals surface area contributed by atoms with Crippen LogP contribution in [-0.2, 0) is 0 Å². The van der Waals surface area contributed by atoms with Gasteiger partial charge in [0.15, 0.2) is 0 Å². The number of aromatic nitrogens is 1. The van der Waals surface area contributed by atoms with E-state index in [1.54, 1.807) is 12.1 Å². The molecule has 0 aliphatic carbocycles. The maximum atomic E-state index is 11.1. The minimum Gasteiger partial charge on any atom is -0.366 e. The molecule has 1 aromatic heterocycles. The maximum Gasteiger partial charge on any atom is 0.248 e. The molecule has 0 atom stereocenters. The fourth-order valence-electron chi connectivity index (χ4n) is 2.08. The number of carbonyl (C=O) groups is 1. The summed E-state index contributed by atoms with van der Waals surface area (Å²) in [6.07, 6.45) is 0. The molecule has 0 aliphatic heterocycles. The molecule has 0 fully saturated rings. The van der Waals surface area contributed by atoms with E-state index in [9.17, 15) is 4.79 Å². The van der Waals surface area contributed by atoms with E-state index < -0.39 is 5.91 Å². The third kappa shape index (κ3) is 2.24. The number of amides is 1. The van der Waals surface area contributed by atoms with Crippen molar-refractivity contribution in [1.82, 2.24) is 4.98 Å². The van der Waals surface area contributed by atoms with E-state index in [0.717, 1.165) is 22.2 Å². The molecule has 3 nitrogen and oxygen atoms in total. The Kier molecular flexibility index (Phi) is 3.12. The first-order chi connectivity index (χ1) is 9.65. The predicted molar refractivity (Wildman–Crippen MR) is 80.7 cm³/mol. The first-order valence-electron chi connectivity index (χ1n) is 6.11. The number of rotatable bonds is 2. The van der Waals surface area contributed by atoms with E-state index in [2.05, 4.69) is 4.98 Å². The average Bonchev–Trinajstić information content (AvgIpc) is 2.47. The molecular weight excluding hydrogens is 272 g/mol. The Morgan fingerprint density at radius 1 is 1.00 bits per heavy atom. The lowest BCUT2D eigenvalue weighted by Gasteiger charge is -2.05. The summed E-state index contributed by atoms with van der Waals surface area (Å²) in [5, 5.41) is 1.61. The average molecular weight is 283 g/mol. The van der Waals surface area contributed by atoms with Crippen LogP contribution in [0, 0.1) is 0 Å². The SMILES string of the molecule is NC(=O)c1ccc(-c2ccc3c(Cl)cccc3n2)cc1. The van der Waals surface area contributed by atoms with Gasteiger partial charge in [0, 0.05) is 21.5 Å². The standard InChI is InChI=1S/C16H11ClN2O/c17-13-2-1-3-15-12(13)8-9-14(19-15)10-4-6-11(7-5-10)16(18)20/h1-9H,(H2,18,20). The van der Waals surface area contributed by atoms with Crippen molar-refractivity contribution in [2.45, 2.75) is 0 Å². The third-order valence-corrected chi connectivity index (χ3v) is 3.47. The molecule has 0 saturated heterocycles. The number of nitrogens with zero attached hydrogens (tertiary/aromatic N) is 1. The second-order valence-electron chi connectivity index (χ2n) is 4.44. The Balaban J connectivity index is 2.08. The Bertz CT molecular complexity index is 797. The fraction of sp³-hybridized carbons (Fsp3) is 0. The highest BCUT2D eigenvalue weighted by Crippen LogP contribution is 2.25. The van der Waals surface area contributed by atoms with Gasteiger partial charge in [0.1, 0.15) is 0 Å². The van der Waals surface area contributed by atoms with Crippen LogP contribution in [0.2, 0.25) is 5.02 Å². The number of pyridine rings is 1. The molecule has 4 heteroatoms. The van der Waals surface area contributed by atoms with Crippen LogP contribution in [0.5, 0.6) is 0 Å². The van der Waals surface area contributed by atoms with Crippen molar-refractivity contribution in [3.63, 3.8) is 0 Å². The van der Waals surface area contributed by atoms with Crippen molar-refractivity contribution >= 4 is 28.4 Å².